The fourth-order valence-corrected chi connectivity index (χ4v) is 3.05. The van der Waals surface area contributed by atoms with E-state index in [1.807, 2.05) is 20.8 Å². The first-order valence-corrected chi connectivity index (χ1v) is 12.1. The number of ether oxygens (including phenoxy) is 1. The molecule has 0 aromatic carbocycles. The third-order valence-electron chi connectivity index (χ3n) is 4.15. The average molecular weight is 428 g/mol. The average Bonchev–Trinajstić information content (AvgIpc) is 2.62. The topological polar surface area (TPSA) is 72.5 Å². The molecule has 0 spiro atoms. The van der Waals surface area contributed by atoms with Gasteiger partial charge in [0, 0.05) is 11.9 Å². The summed E-state index contributed by atoms with van der Waals surface area (Å²) in [6.45, 7) is 6.29. The molecule has 6 heteroatoms. The molecule has 0 rings (SSSR count). The van der Waals surface area contributed by atoms with Crippen LogP contribution in [0.2, 0.25) is 0 Å². The molecule has 0 heterocycles. The summed E-state index contributed by atoms with van der Waals surface area (Å²) >= 11 is 0. The molecule has 5 nitrogen and oxygen atoms in total. The molecule has 0 radical (unpaired) electrons. The molecule has 0 aliphatic rings. The highest BCUT2D eigenvalue weighted by Crippen LogP contribution is 2.09. The normalized spacial score (nSPS) is 11.8. The molecule has 0 aromatic heterocycles. The van der Waals surface area contributed by atoms with Gasteiger partial charge in [0.05, 0.1) is 0 Å². The summed E-state index contributed by atoms with van der Waals surface area (Å²) in [5.41, 5.74) is -0.433. The second-order valence-corrected chi connectivity index (χ2v) is 9.08. The van der Waals surface area contributed by atoms with Crippen LogP contribution >= 0.6 is 0 Å². The van der Waals surface area contributed by atoms with Crippen molar-refractivity contribution in [2.24, 2.45) is 0 Å². The molecule has 0 aliphatic heterocycles. The fraction of sp³-hybridized carbons (Fsp3) is 0.739. The van der Waals surface area contributed by atoms with Crippen molar-refractivity contribution in [3.63, 3.8) is 0 Å². The molecule has 0 saturated carbocycles. The Kier molecular flexibility index (Phi) is 17.5. The number of carbonyl (C=O) groups excluding carboxylic acids is 1. The molecule has 1 amide bonds. The van der Waals surface area contributed by atoms with Gasteiger partial charge >= 0.3 is 6.09 Å². The van der Waals surface area contributed by atoms with Crippen LogP contribution in [0.25, 0.3) is 0 Å². The Morgan fingerprint density at radius 3 is 1.90 bits per heavy atom. The molecule has 0 atom stereocenters. The van der Waals surface area contributed by atoms with Crippen molar-refractivity contribution in [3.8, 4) is 0 Å². The van der Waals surface area contributed by atoms with Gasteiger partial charge in [-0.05, 0) is 72.1 Å². The van der Waals surface area contributed by atoms with E-state index in [1.54, 1.807) is 0 Å². The Morgan fingerprint density at radius 2 is 1.31 bits per heavy atom. The number of hydrogen-bond acceptors (Lipinski definition) is 4. The van der Waals surface area contributed by atoms with Crippen LogP contribution in [0.5, 0.6) is 0 Å². The van der Waals surface area contributed by atoms with Gasteiger partial charge in [-0.2, -0.15) is 8.42 Å². The van der Waals surface area contributed by atoms with Gasteiger partial charge in [-0.25, -0.2) is 4.79 Å². The van der Waals surface area contributed by atoms with E-state index in [4.69, 9.17) is 4.74 Å². The summed E-state index contributed by atoms with van der Waals surface area (Å²) < 4.78 is 25.9. The van der Waals surface area contributed by atoms with E-state index in [9.17, 15) is 13.2 Å². The number of hydrogen-bond donors (Lipinski definition) is 1. The van der Waals surface area contributed by atoms with Crippen LogP contribution < -0.4 is 5.32 Å². The zero-order valence-corrected chi connectivity index (χ0v) is 19.4. The number of rotatable bonds is 16. The number of unbranched alkanes of at least 4 members (excludes halogenated alkanes) is 9. The molecule has 29 heavy (non-hydrogen) atoms. The monoisotopic (exact) mass is 427 g/mol. The van der Waals surface area contributed by atoms with Crippen molar-refractivity contribution in [2.75, 3.05) is 6.54 Å². The van der Waals surface area contributed by atoms with Gasteiger partial charge in [-0.1, -0.05) is 50.0 Å². The molecular formula is C23H41NO4S. The van der Waals surface area contributed by atoms with Gasteiger partial charge in [0.2, 0.25) is 10.3 Å². The van der Waals surface area contributed by atoms with E-state index in [-0.39, 0.29) is 6.09 Å². The molecule has 0 aromatic rings. The fourth-order valence-electron chi connectivity index (χ4n) is 2.69. The van der Waals surface area contributed by atoms with Crippen LogP contribution in [-0.2, 0) is 15.0 Å². The maximum Gasteiger partial charge on any atom is 0.407 e. The summed E-state index contributed by atoms with van der Waals surface area (Å²) in [4.78, 5) is 11.5. The van der Waals surface area contributed by atoms with Crippen molar-refractivity contribution in [2.45, 2.75) is 103 Å². The molecule has 168 valence electrons. The molecule has 0 aliphatic carbocycles. The largest absolute Gasteiger partial charge is 0.444 e. The minimum atomic E-state index is -2.01. The number of amides is 1. The lowest BCUT2D eigenvalue weighted by atomic mass is 10.1. The van der Waals surface area contributed by atoms with Gasteiger partial charge in [-0.15, -0.1) is 0 Å². The van der Waals surface area contributed by atoms with Gasteiger partial charge < -0.3 is 10.1 Å². The Morgan fingerprint density at radius 1 is 0.793 bits per heavy atom. The summed E-state index contributed by atoms with van der Waals surface area (Å²) in [7, 11) is -2.01. The molecule has 0 fully saturated rings. The minimum Gasteiger partial charge on any atom is -0.444 e. The van der Waals surface area contributed by atoms with E-state index >= 15 is 0 Å². The molecule has 0 unspecified atom stereocenters. The highest BCUT2D eigenvalue weighted by molar-refractivity contribution is 7.71. The molecule has 1 N–H and O–H groups in total. The van der Waals surface area contributed by atoms with Crippen molar-refractivity contribution in [3.05, 3.63) is 24.3 Å². The Bertz CT molecular complexity index is 593. The van der Waals surface area contributed by atoms with Crippen LogP contribution in [0.15, 0.2) is 24.3 Å². The maximum absolute atomic E-state index is 11.5. The first-order valence-electron chi connectivity index (χ1n) is 11.0. The second kappa shape index (κ2) is 18.5. The zero-order chi connectivity index (χ0) is 21.8. The number of nitrogens with one attached hydrogen (secondary N) is 1. The SMILES string of the molecule is CC(C)(C)OC(=O)NCCCCCCCC/C=C\C/C=C\CCCCC=S(=O)=O. The van der Waals surface area contributed by atoms with E-state index in [1.165, 1.54) is 31.1 Å². The van der Waals surface area contributed by atoms with E-state index in [0.29, 0.717) is 13.0 Å². The molecular weight excluding hydrogens is 386 g/mol. The predicted molar refractivity (Wildman–Crippen MR) is 123 cm³/mol. The first kappa shape index (κ1) is 27.4. The Balaban J connectivity index is 3.35. The summed E-state index contributed by atoms with van der Waals surface area (Å²) in [5, 5.41) is 4.13. The van der Waals surface area contributed by atoms with E-state index in [2.05, 4.69) is 29.6 Å². The second-order valence-electron chi connectivity index (χ2n) is 8.23. The lowest BCUT2D eigenvalue weighted by molar-refractivity contribution is 0.0527. The lowest BCUT2D eigenvalue weighted by Crippen LogP contribution is -2.32. The predicted octanol–water partition coefficient (Wildman–Crippen LogP) is 5.99. The highest BCUT2D eigenvalue weighted by Gasteiger charge is 2.15. The van der Waals surface area contributed by atoms with Crippen molar-refractivity contribution in [1.29, 1.82) is 0 Å². The van der Waals surface area contributed by atoms with Crippen molar-refractivity contribution >= 4 is 21.8 Å². The van der Waals surface area contributed by atoms with Crippen LogP contribution in [0.3, 0.4) is 0 Å². The standard InChI is InChI=1S/C23H41NO4S/c1-23(2,3)28-22(25)24-20-18-16-14-12-10-8-6-4-5-7-9-11-13-15-17-19-21-29(26)27/h4-5,9,11,21H,6-8,10,12-20H2,1-3H3,(H,24,25)/b5-4-,11-9-. The minimum absolute atomic E-state index is 0.327. The van der Waals surface area contributed by atoms with Crippen LogP contribution in [0, 0.1) is 0 Å². The van der Waals surface area contributed by atoms with Crippen LogP contribution in [-0.4, -0.2) is 32.0 Å². The van der Waals surface area contributed by atoms with Crippen LogP contribution in [0.1, 0.15) is 97.8 Å². The Hall–Kier alpha value is -1.56. The van der Waals surface area contributed by atoms with Gasteiger partial charge in [-0.3, -0.25) is 0 Å². The maximum atomic E-state index is 11.5. The number of carbonyl (C=O) groups is 1. The van der Waals surface area contributed by atoms with Gasteiger partial charge in [0.1, 0.15) is 5.60 Å². The Labute approximate surface area is 179 Å². The van der Waals surface area contributed by atoms with Crippen molar-refractivity contribution < 1.29 is 17.9 Å². The summed E-state index contributed by atoms with van der Waals surface area (Å²) in [6.07, 6.45) is 21.3. The quantitative estimate of drug-likeness (QED) is 0.187. The molecule has 0 bridgehead atoms. The smallest absolute Gasteiger partial charge is 0.407 e. The number of allylic oxidation sites excluding steroid dienone is 4. The van der Waals surface area contributed by atoms with Crippen LogP contribution in [0.4, 0.5) is 4.79 Å². The van der Waals surface area contributed by atoms with Crippen molar-refractivity contribution in [1.82, 2.24) is 5.32 Å². The van der Waals surface area contributed by atoms with Gasteiger partial charge in [0.25, 0.3) is 0 Å². The summed E-state index contributed by atoms with van der Waals surface area (Å²) in [5.74, 6) is 0. The molecule has 0 saturated heterocycles. The van der Waals surface area contributed by atoms with E-state index in [0.717, 1.165) is 44.9 Å². The lowest BCUT2D eigenvalue weighted by Gasteiger charge is -2.19. The highest BCUT2D eigenvalue weighted by atomic mass is 32.2. The summed E-state index contributed by atoms with van der Waals surface area (Å²) in [6, 6.07) is 0. The van der Waals surface area contributed by atoms with Gasteiger partial charge in [0.15, 0.2) is 0 Å². The third kappa shape index (κ3) is 24.4. The van der Waals surface area contributed by atoms with E-state index < -0.39 is 15.9 Å². The first-order chi connectivity index (χ1) is 13.8. The zero-order valence-electron chi connectivity index (χ0n) is 18.6. The number of alkyl carbamates (subject to hydrolysis) is 1. The third-order valence-corrected chi connectivity index (χ3v) is 4.66.